The van der Waals surface area contributed by atoms with E-state index in [4.69, 9.17) is 23.2 Å². The molecule has 2 aliphatic rings. The molecule has 1 aliphatic carbocycles. The standard InChI is InChI=1S/C24H21Cl2N3/c25-22-11-5-6-17(23(22)26)16-27-29-14-12-28(13-15-29)24-20-9-3-1-7-18(20)19-8-2-4-10-21(19)24/h1-11,16,24H,12-15H2/b27-16+. The first-order valence-corrected chi connectivity index (χ1v) is 10.6. The van der Waals surface area contributed by atoms with E-state index in [9.17, 15) is 0 Å². The third kappa shape index (κ3) is 3.44. The molecule has 1 aliphatic heterocycles. The van der Waals surface area contributed by atoms with E-state index in [2.05, 4.69) is 63.5 Å². The van der Waals surface area contributed by atoms with Gasteiger partial charge in [-0.25, -0.2) is 0 Å². The molecule has 1 fully saturated rings. The predicted octanol–water partition coefficient (Wildman–Crippen LogP) is 5.71. The van der Waals surface area contributed by atoms with Crippen molar-refractivity contribution >= 4 is 29.4 Å². The minimum absolute atomic E-state index is 0.330. The summed E-state index contributed by atoms with van der Waals surface area (Å²) in [4.78, 5) is 2.57. The number of rotatable bonds is 3. The van der Waals surface area contributed by atoms with Crippen molar-refractivity contribution in [2.45, 2.75) is 6.04 Å². The van der Waals surface area contributed by atoms with Gasteiger partial charge in [-0.3, -0.25) is 9.91 Å². The summed E-state index contributed by atoms with van der Waals surface area (Å²) in [6, 6.07) is 23.5. The summed E-state index contributed by atoms with van der Waals surface area (Å²) in [5, 5.41) is 7.86. The quantitative estimate of drug-likeness (QED) is 0.503. The molecule has 0 atom stereocenters. The van der Waals surface area contributed by atoms with Crippen molar-refractivity contribution < 1.29 is 0 Å². The van der Waals surface area contributed by atoms with Gasteiger partial charge in [0, 0.05) is 31.7 Å². The van der Waals surface area contributed by atoms with Crippen LogP contribution in [0.2, 0.25) is 10.0 Å². The number of fused-ring (bicyclic) bond motifs is 3. The number of benzene rings is 3. The van der Waals surface area contributed by atoms with Gasteiger partial charge in [-0.2, -0.15) is 5.10 Å². The van der Waals surface area contributed by atoms with E-state index in [1.54, 1.807) is 6.07 Å². The Balaban J connectivity index is 1.32. The van der Waals surface area contributed by atoms with Crippen molar-refractivity contribution in [3.63, 3.8) is 0 Å². The molecule has 0 unspecified atom stereocenters. The maximum absolute atomic E-state index is 6.27. The third-order valence-electron chi connectivity index (χ3n) is 5.80. The highest BCUT2D eigenvalue weighted by Gasteiger charge is 2.33. The molecule has 29 heavy (non-hydrogen) atoms. The number of nitrogens with zero attached hydrogens (tertiary/aromatic N) is 3. The second-order valence-corrected chi connectivity index (χ2v) is 8.24. The van der Waals surface area contributed by atoms with E-state index < -0.39 is 0 Å². The molecule has 5 heteroatoms. The van der Waals surface area contributed by atoms with E-state index in [0.717, 1.165) is 31.7 Å². The number of hydrazone groups is 1. The van der Waals surface area contributed by atoms with E-state index >= 15 is 0 Å². The zero-order valence-electron chi connectivity index (χ0n) is 15.9. The summed E-state index contributed by atoms with van der Waals surface area (Å²) < 4.78 is 0. The zero-order chi connectivity index (χ0) is 19.8. The third-order valence-corrected chi connectivity index (χ3v) is 6.63. The second kappa shape index (κ2) is 7.83. The van der Waals surface area contributed by atoms with Gasteiger partial charge in [-0.15, -0.1) is 0 Å². The van der Waals surface area contributed by atoms with Gasteiger partial charge in [0.15, 0.2) is 0 Å². The Hall–Kier alpha value is -2.33. The van der Waals surface area contributed by atoms with Crippen LogP contribution >= 0.6 is 23.2 Å². The van der Waals surface area contributed by atoms with E-state index in [1.165, 1.54) is 22.3 Å². The highest BCUT2D eigenvalue weighted by atomic mass is 35.5. The Kier molecular flexibility index (Phi) is 5.04. The fourth-order valence-corrected chi connectivity index (χ4v) is 4.73. The molecule has 3 aromatic carbocycles. The fourth-order valence-electron chi connectivity index (χ4n) is 4.37. The van der Waals surface area contributed by atoms with Crippen LogP contribution in [0.5, 0.6) is 0 Å². The van der Waals surface area contributed by atoms with Crippen molar-refractivity contribution in [3.8, 4) is 11.1 Å². The molecular formula is C24H21Cl2N3. The van der Waals surface area contributed by atoms with Crippen molar-refractivity contribution in [3.05, 3.63) is 93.5 Å². The van der Waals surface area contributed by atoms with Crippen LogP contribution in [0.1, 0.15) is 22.7 Å². The molecule has 3 aromatic rings. The lowest BCUT2D eigenvalue weighted by atomic mass is 10.0. The van der Waals surface area contributed by atoms with Crippen LogP contribution in [0, 0.1) is 0 Å². The lowest BCUT2D eigenvalue weighted by Gasteiger charge is -2.37. The van der Waals surface area contributed by atoms with Crippen molar-refractivity contribution in [1.82, 2.24) is 9.91 Å². The van der Waals surface area contributed by atoms with E-state index in [1.807, 2.05) is 18.3 Å². The SMILES string of the molecule is Clc1cccc(/C=N/N2CCN(C3c4ccccc4-c4ccccc43)CC2)c1Cl. The van der Waals surface area contributed by atoms with Crippen LogP contribution < -0.4 is 0 Å². The first-order valence-electron chi connectivity index (χ1n) is 9.87. The maximum Gasteiger partial charge on any atom is 0.0680 e. The lowest BCUT2D eigenvalue weighted by Crippen LogP contribution is -2.45. The minimum atomic E-state index is 0.330. The smallest absolute Gasteiger partial charge is 0.0680 e. The molecule has 0 spiro atoms. The number of halogens is 2. The molecule has 5 rings (SSSR count). The van der Waals surface area contributed by atoms with Crippen molar-refractivity contribution in [2.24, 2.45) is 5.10 Å². The summed E-state index contributed by atoms with van der Waals surface area (Å²) in [7, 11) is 0. The summed E-state index contributed by atoms with van der Waals surface area (Å²) in [6.07, 6.45) is 1.81. The van der Waals surface area contributed by atoms with E-state index in [0.29, 0.717) is 16.1 Å². The minimum Gasteiger partial charge on any atom is -0.294 e. The first kappa shape index (κ1) is 18.7. The summed E-state index contributed by atoms with van der Waals surface area (Å²) in [5.41, 5.74) is 6.40. The van der Waals surface area contributed by atoms with Crippen molar-refractivity contribution in [2.75, 3.05) is 26.2 Å². The van der Waals surface area contributed by atoms with Gasteiger partial charge in [-0.05, 0) is 28.3 Å². The molecule has 0 amide bonds. The van der Waals surface area contributed by atoms with Gasteiger partial charge >= 0.3 is 0 Å². The Morgan fingerprint density at radius 2 is 1.38 bits per heavy atom. The molecule has 0 saturated carbocycles. The normalized spacial score (nSPS) is 17.0. The van der Waals surface area contributed by atoms with Gasteiger partial charge in [-0.1, -0.05) is 83.9 Å². The highest BCUT2D eigenvalue weighted by molar-refractivity contribution is 6.43. The Morgan fingerprint density at radius 1 is 0.759 bits per heavy atom. The highest BCUT2D eigenvalue weighted by Crippen LogP contribution is 2.46. The van der Waals surface area contributed by atoms with Gasteiger partial charge in [0.1, 0.15) is 0 Å². The average molecular weight is 422 g/mol. The molecule has 3 nitrogen and oxygen atoms in total. The van der Waals surface area contributed by atoms with Crippen LogP contribution in [-0.4, -0.2) is 42.3 Å². The van der Waals surface area contributed by atoms with Gasteiger partial charge in [0.2, 0.25) is 0 Å². The Morgan fingerprint density at radius 3 is 2.03 bits per heavy atom. The van der Waals surface area contributed by atoms with Crippen LogP contribution in [0.3, 0.4) is 0 Å². The summed E-state index contributed by atoms with van der Waals surface area (Å²) >= 11 is 12.4. The molecule has 146 valence electrons. The lowest BCUT2D eigenvalue weighted by molar-refractivity contribution is 0.114. The average Bonchev–Trinajstić information content (AvgIpc) is 3.10. The molecule has 0 radical (unpaired) electrons. The summed E-state index contributed by atoms with van der Waals surface area (Å²) in [6.45, 7) is 3.70. The topological polar surface area (TPSA) is 18.8 Å². The molecule has 1 saturated heterocycles. The monoisotopic (exact) mass is 421 g/mol. The Labute approximate surface area is 181 Å². The van der Waals surface area contributed by atoms with Gasteiger partial charge in [0.25, 0.3) is 0 Å². The predicted molar refractivity (Wildman–Crippen MR) is 121 cm³/mol. The molecule has 1 heterocycles. The fraction of sp³-hybridized carbons (Fsp3) is 0.208. The zero-order valence-corrected chi connectivity index (χ0v) is 17.4. The summed E-state index contributed by atoms with van der Waals surface area (Å²) in [5.74, 6) is 0. The molecule has 0 N–H and O–H groups in total. The van der Waals surface area contributed by atoms with Crippen molar-refractivity contribution in [1.29, 1.82) is 0 Å². The van der Waals surface area contributed by atoms with Gasteiger partial charge in [0.05, 0.1) is 22.3 Å². The van der Waals surface area contributed by atoms with Crippen LogP contribution in [-0.2, 0) is 0 Å². The largest absolute Gasteiger partial charge is 0.294 e. The number of piperazine rings is 1. The maximum atomic E-state index is 6.27. The first-order chi connectivity index (χ1) is 14.2. The molecular weight excluding hydrogens is 401 g/mol. The number of hydrogen-bond acceptors (Lipinski definition) is 3. The second-order valence-electron chi connectivity index (χ2n) is 7.45. The number of hydrogen-bond donors (Lipinski definition) is 0. The van der Waals surface area contributed by atoms with Crippen LogP contribution in [0.25, 0.3) is 11.1 Å². The molecule has 0 aromatic heterocycles. The van der Waals surface area contributed by atoms with E-state index in [-0.39, 0.29) is 0 Å². The van der Waals surface area contributed by atoms with Gasteiger partial charge < -0.3 is 0 Å². The Bertz CT molecular complexity index is 1030. The van der Waals surface area contributed by atoms with Crippen LogP contribution in [0.4, 0.5) is 0 Å². The molecule has 0 bridgehead atoms. The van der Waals surface area contributed by atoms with Crippen LogP contribution in [0.15, 0.2) is 71.8 Å².